The van der Waals surface area contributed by atoms with Gasteiger partial charge in [-0.3, -0.25) is 4.79 Å². The van der Waals surface area contributed by atoms with E-state index in [0.29, 0.717) is 10.8 Å². The van der Waals surface area contributed by atoms with Crippen LogP contribution in [0.4, 0.5) is 5.82 Å². The summed E-state index contributed by atoms with van der Waals surface area (Å²) in [4.78, 5) is 28.4. The molecular weight excluding hydrogens is 481 g/mol. The van der Waals surface area contributed by atoms with Crippen LogP contribution in [0.15, 0.2) is 64.2 Å². The van der Waals surface area contributed by atoms with Crippen LogP contribution in [-0.2, 0) is 26.1 Å². The number of halogens is 2. The normalized spacial score (nSPS) is 12.2. The monoisotopic (exact) mass is 497 g/mol. The number of carbonyl (C=O) groups is 2. The molecule has 168 valence electrons. The first-order valence-electron chi connectivity index (χ1n) is 9.11. The van der Waals surface area contributed by atoms with Gasteiger partial charge in [-0.25, -0.2) is 22.9 Å². The number of carbonyl (C=O) groups excluding carboxylic acids is 2. The molecule has 2 N–H and O–H groups in total. The smallest absolute Gasteiger partial charge is 0.338 e. The van der Waals surface area contributed by atoms with Crippen molar-refractivity contribution in [3.63, 3.8) is 0 Å². The van der Waals surface area contributed by atoms with E-state index in [2.05, 4.69) is 15.0 Å². The second-order valence-electron chi connectivity index (χ2n) is 6.45. The first kappa shape index (κ1) is 23.7. The van der Waals surface area contributed by atoms with Crippen molar-refractivity contribution in [3.05, 3.63) is 76.3 Å². The number of aromatic nitrogens is 1. The van der Waals surface area contributed by atoms with Gasteiger partial charge in [-0.1, -0.05) is 23.2 Å². The molecule has 0 unspecified atom stereocenters. The average Bonchev–Trinajstić information content (AvgIpc) is 3.28. The van der Waals surface area contributed by atoms with Crippen molar-refractivity contribution in [2.24, 2.45) is 0 Å². The Morgan fingerprint density at radius 3 is 2.53 bits per heavy atom. The molecule has 0 saturated heterocycles. The third-order valence-electron chi connectivity index (χ3n) is 4.12. The van der Waals surface area contributed by atoms with Gasteiger partial charge in [-0.05, 0) is 49.4 Å². The topological polar surface area (TPSA) is 128 Å². The molecule has 3 aromatic rings. The molecule has 0 aliphatic rings. The van der Waals surface area contributed by atoms with Gasteiger partial charge in [0.1, 0.15) is 5.76 Å². The van der Waals surface area contributed by atoms with E-state index in [1.807, 2.05) is 0 Å². The maximum atomic E-state index is 12.4. The molecule has 0 fully saturated rings. The number of pyridine rings is 1. The number of sulfonamides is 1. The van der Waals surface area contributed by atoms with Crippen LogP contribution < -0.4 is 10.0 Å². The SMILES string of the molecule is C[C@H](OC(=O)c1ccc(S(=O)(=O)NCc2ccco2)cc1)C(=O)Nc1ncc(Cl)cc1Cl. The highest BCUT2D eigenvalue weighted by Gasteiger charge is 2.21. The highest BCUT2D eigenvalue weighted by molar-refractivity contribution is 7.89. The van der Waals surface area contributed by atoms with E-state index >= 15 is 0 Å². The number of benzene rings is 1. The van der Waals surface area contributed by atoms with E-state index in [-0.39, 0.29) is 27.8 Å². The zero-order valence-corrected chi connectivity index (χ0v) is 18.9. The lowest BCUT2D eigenvalue weighted by molar-refractivity contribution is -0.123. The summed E-state index contributed by atoms with van der Waals surface area (Å²) in [7, 11) is -3.81. The first-order chi connectivity index (χ1) is 15.2. The highest BCUT2D eigenvalue weighted by Crippen LogP contribution is 2.22. The van der Waals surface area contributed by atoms with Crippen LogP contribution in [0, 0.1) is 0 Å². The number of hydrogen-bond acceptors (Lipinski definition) is 7. The third-order valence-corrected chi connectivity index (χ3v) is 6.03. The van der Waals surface area contributed by atoms with Crippen molar-refractivity contribution >= 4 is 50.9 Å². The van der Waals surface area contributed by atoms with E-state index in [4.69, 9.17) is 32.4 Å². The number of nitrogens with zero attached hydrogens (tertiary/aromatic N) is 1. The summed E-state index contributed by atoms with van der Waals surface area (Å²) >= 11 is 11.7. The van der Waals surface area contributed by atoms with E-state index in [1.54, 1.807) is 12.1 Å². The number of amides is 1. The van der Waals surface area contributed by atoms with Crippen molar-refractivity contribution in [3.8, 4) is 0 Å². The van der Waals surface area contributed by atoms with Crippen LogP contribution in [0.1, 0.15) is 23.0 Å². The van der Waals surface area contributed by atoms with Crippen molar-refractivity contribution in [2.45, 2.75) is 24.5 Å². The van der Waals surface area contributed by atoms with Gasteiger partial charge in [-0.2, -0.15) is 0 Å². The molecule has 0 spiro atoms. The maximum Gasteiger partial charge on any atom is 0.338 e. The van der Waals surface area contributed by atoms with Crippen molar-refractivity contribution in [1.29, 1.82) is 0 Å². The Labute approximate surface area is 193 Å². The number of nitrogens with one attached hydrogen (secondary N) is 2. The van der Waals surface area contributed by atoms with Crippen LogP contribution in [0.5, 0.6) is 0 Å². The third kappa shape index (κ3) is 6.07. The largest absolute Gasteiger partial charge is 0.468 e. The van der Waals surface area contributed by atoms with Gasteiger partial charge in [-0.15, -0.1) is 0 Å². The van der Waals surface area contributed by atoms with Crippen LogP contribution in [0.2, 0.25) is 10.0 Å². The number of hydrogen-bond donors (Lipinski definition) is 2. The van der Waals surface area contributed by atoms with E-state index in [1.165, 1.54) is 49.7 Å². The lowest BCUT2D eigenvalue weighted by Crippen LogP contribution is -2.30. The Morgan fingerprint density at radius 2 is 1.91 bits per heavy atom. The van der Waals surface area contributed by atoms with E-state index < -0.39 is 28.0 Å². The summed E-state index contributed by atoms with van der Waals surface area (Å²) in [5, 5.41) is 2.86. The van der Waals surface area contributed by atoms with Crippen LogP contribution >= 0.6 is 23.2 Å². The molecule has 1 amide bonds. The van der Waals surface area contributed by atoms with Gasteiger partial charge in [0.05, 0.1) is 33.3 Å². The maximum absolute atomic E-state index is 12.4. The van der Waals surface area contributed by atoms with Gasteiger partial charge < -0.3 is 14.5 Å². The number of rotatable bonds is 8. The molecule has 0 saturated carbocycles. The van der Waals surface area contributed by atoms with Crippen LogP contribution in [0.25, 0.3) is 0 Å². The lowest BCUT2D eigenvalue weighted by atomic mass is 10.2. The Balaban J connectivity index is 1.59. The number of anilines is 1. The second-order valence-corrected chi connectivity index (χ2v) is 9.06. The Hall–Kier alpha value is -2.92. The summed E-state index contributed by atoms with van der Waals surface area (Å²) in [6.07, 6.45) is 1.57. The molecule has 12 heteroatoms. The van der Waals surface area contributed by atoms with Gasteiger partial charge >= 0.3 is 5.97 Å². The predicted octanol–water partition coefficient (Wildman–Crippen LogP) is 3.64. The molecule has 0 aliphatic heterocycles. The summed E-state index contributed by atoms with van der Waals surface area (Å²) in [5.41, 5.74) is 0.0669. The molecule has 1 aromatic carbocycles. The molecule has 3 rings (SSSR count). The van der Waals surface area contributed by atoms with Gasteiger partial charge in [0.25, 0.3) is 5.91 Å². The summed E-state index contributed by atoms with van der Waals surface area (Å²) in [6.45, 7) is 1.35. The van der Waals surface area contributed by atoms with Gasteiger partial charge in [0, 0.05) is 6.20 Å². The minimum Gasteiger partial charge on any atom is -0.468 e. The van der Waals surface area contributed by atoms with Crippen molar-refractivity contribution < 1.29 is 27.2 Å². The first-order valence-corrected chi connectivity index (χ1v) is 11.3. The molecule has 0 bridgehead atoms. The van der Waals surface area contributed by atoms with Gasteiger partial charge in [0.2, 0.25) is 10.0 Å². The van der Waals surface area contributed by atoms with Crippen molar-refractivity contribution in [1.82, 2.24) is 9.71 Å². The average molecular weight is 498 g/mol. The number of esters is 1. The van der Waals surface area contributed by atoms with Gasteiger partial charge in [0.15, 0.2) is 11.9 Å². The second kappa shape index (κ2) is 10.1. The Morgan fingerprint density at radius 1 is 1.19 bits per heavy atom. The molecule has 0 aliphatic carbocycles. The number of ether oxygens (including phenoxy) is 1. The van der Waals surface area contributed by atoms with Crippen LogP contribution in [-0.4, -0.2) is 31.4 Å². The van der Waals surface area contributed by atoms with E-state index in [9.17, 15) is 18.0 Å². The fraction of sp³-hybridized carbons (Fsp3) is 0.150. The number of furan rings is 1. The molecule has 1 atom stereocenters. The standard InChI is InChI=1S/C20H17Cl2N3O6S/c1-12(19(26)25-18-17(22)9-14(21)10-23-18)31-20(27)13-4-6-16(7-5-13)32(28,29)24-11-15-3-2-8-30-15/h2-10,12,24H,11H2,1H3,(H,23,25,26)/t12-/m0/s1. The summed E-state index contributed by atoms with van der Waals surface area (Å²) in [5.74, 6) is -0.941. The van der Waals surface area contributed by atoms with Crippen LogP contribution in [0.3, 0.4) is 0 Å². The minimum absolute atomic E-state index is 0.0156. The molecule has 2 aromatic heterocycles. The molecule has 0 radical (unpaired) electrons. The Bertz CT molecular complexity index is 1210. The molecular formula is C20H17Cl2N3O6S. The quantitative estimate of drug-likeness (QED) is 0.454. The zero-order chi connectivity index (χ0) is 23.3. The molecule has 2 heterocycles. The van der Waals surface area contributed by atoms with E-state index in [0.717, 1.165) is 0 Å². The van der Waals surface area contributed by atoms with Crippen molar-refractivity contribution in [2.75, 3.05) is 5.32 Å². The summed E-state index contributed by atoms with van der Waals surface area (Å²) in [6, 6.07) is 9.76. The fourth-order valence-electron chi connectivity index (χ4n) is 2.44. The predicted molar refractivity (Wildman–Crippen MR) is 117 cm³/mol. The summed E-state index contributed by atoms with van der Waals surface area (Å²) < 4.78 is 37.3. The fourth-order valence-corrected chi connectivity index (χ4v) is 3.86. The zero-order valence-electron chi connectivity index (χ0n) is 16.5. The molecule has 9 nitrogen and oxygen atoms in total. The minimum atomic E-state index is -3.81. The lowest BCUT2D eigenvalue weighted by Gasteiger charge is -2.14. The highest BCUT2D eigenvalue weighted by atomic mass is 35.5. The molecule has 32 heavy (non-hydrogen) atoms. The Kier molecular flexibility index (Phi) is 7.52.